The number of nitrogens with zero attached hydrogens (tertiary/aromatic N) is 4. The van der Waals surface area contributed by atoms with Crippen molar-refractivity contribution >= 4 is 45.1 Å². The molecule has 1 aliphatic heterocycles. The lowest BCUT2D eigenvalue weighted by atomic mass is 9.48. The van der Waals surface area contributed by atoms with Crippen molar-refractivity contribution in [2.75, 3.05) is 38.7 Å². The van der Waals surface area contributed by atoms with Gasteiger partial charge in [0.15, 0.2) is 10.2 Å². The van der Waals surface area contributed by atoms with Gasteiger partial charge in [-0.1, -0.05) is 31.3 Å². The highest BCUT2D eigenvalue weighted by atomic mass is 32.1. The number of hydrogen-bond acceptors (Lipinski definition) is 7. The number of nitrogens with one attached hydrogen (secondary N) is 2. The molecule has 1 aromatic rings. The fourth-order valence-corrected chi connectivity index (χ4v) is 9.33. The predicted molar refractivity (Wildman–Crippen MR) is 148 cm³/mol. The van der Waals surface area contributed by atoms with Crippen molar-refractivity contribution in [1.82, 2.24) is 20.3 Å². The summed E-state index contributed by atoms with van der Waals surface area (Å²) in [6.07, 6.45) is 10.9. The molecule has 0 unspecified atom stereocenters. The van der Waals surface area contributed by atoms with Gasteiger partial charge in [0.1, 0.15) is 0 Å². The molecule has 3 fully saturated rings. The summed E-state index contributed by atoms with van der Waals surface area (Å²) in [5.74, 6) is 2.17. The molecule has 1 saturated heterocycles. The zero-order valence-corrected chi connectivity index (χ0v) is 22.9. The van der Waals surface area contributed by atoms with Gasteiger partial charge in [-0.05, 0) is 93.0 Å². The first kappa shape index (κ1) is 23.8. The summed E-state index contributed by atoms with van der Waals surface area (Å²) >= 11 is 6.89. The molecule has 0 spiro atoms. The predicted octanol–water partition coefficient (Wildman–Crippen LogP) is 4.09. The number of nitrogens with two attached hydrogens (primary N) is 1. The van der Waals surface area contributed by atoms with Gasteiger partial charge in [-0.3, -0.25) is 10.9 Å². The number of likely N-dealkylation sites (N-methyl/N-ethyl adjacent to an activating group) is 1. The maximum atomic E-state index is 5.67. The summed E-state index contributed by atoms with van der Waals surface area (Å²) in [4.78, 5) is 8.91. The first-order valence-corrected chi connectivity index (χ1v) is 14.5. The Morgan fingerprint density at radius 2 is 1.91 bits per heavy atom. The summed E-state index contributed by atoms with van der Waals surface area (Å²) in [6.45, 7) is 9.30. The van der Waals surface area contributed by atoms with Gasteiger partial charge in [0, 0.05) is 37.3 Å². The Balaban J connectivity index is 1.24. The maximum absolute atomic E-state index is 5.67. The minimum atomic E-state index is 0.171. The number of allylic oxidation sites excluding steroid dienone is 2. The molecule has 0 bridgehead atoms. The van der Waals surface area contributed by atoms with Crippen molar-refractivity contribution < 1.29 is 0 Å². The second-order valence-electron chi connectivity index (χ2n) is 11.9. The molecule has 9 heteroatoms. The van der Waals surface area contributed by atoms with Crippen molar-refractivity contribution in [1.29, 1.82) is 0 Å². The summed E-state index contributed by atoms with van der Waals surface area (Å²) in [7, 11) is 2.20. The molecule has 5 atom stereocenters. The Bertz CT molecular complexity index is 1070. The van der Waals surface area contributed by atoms with Crippen LogP contribution in [0.1, 0.15) is 62.9 Å². The van der Waals surface area contributed by atoms with Crippen LogP contribution < -0.4 is 16.6 Å². The lowest BCUT2D eigenvalue weighted by Crippen LogP contribution is -2.49. The highest BCUT2D eigenvalue weighted by Gasteiger charge is 2.58. The normalized spacial score (nSPS) is 38.2. The van der Waals surface area contributed by atoms with Crippen LogP contribution in [0.15, 0.2) is 11.2 Å². The molecule has 4 N–H and O–H groups in total. The standard InChI is InChI=1S/C26H39N7S2/c1-25-11-9-20-22(35-24(28-20)31-33-14-12-32(3)13-15-33)19(25)5-4-16-17-6-7-21(29-30-23(27)34)26(17,2)10-8-18(16)25/h5,16-18H,4,6-15H2,1-3H3,(H,28,31)(H3,27,30,34)/b29-21+/t16-,17-,18-,25+,26-/m0/s1. The first-order chi connectivity index (χ1) is 16.8. The Morgan fingerprint density at radius 1 is 1.14 bits per heavy atom. The van der Waals surface area contributed by atoms with E-state index in [1.165, 1.54) is 48.4 Å². The average Bonchev–Trinajstić information content (AvgIpc) is 3.39. The molecule has 2 heterocycles. The molecule has 2 saturated carbocycles. The van der Waals surface area contributed by atoms with E-state index in [0.29, 0.717) is 5.92 Å². The summed E-state index contributed by atoms with van der Waals surface area (Å²) < 4.78 is 0. The fraction of sp³-hybridized carbons (Fsp3) is 0.731. The lowest BCUT2D eigenvalue weighted by Gasteiger charge is -2.56. The number of thiocarbonyl (C=S) groups is 1. The van der Waals surface area contributed by atoms with Crippen LogP contribution in [-0.4, -0.2) is 58.9 Å². The Kier molecular flexibility index (Phi) is 5.98. The van der Waals surface area contributed by atoms with Crippen molar-refractivity contribution in [2.24, 2.45) is 39.4 Å². The van der Waals surface area contributed by atoms with Crippen molar-refractivity contribution in [3.8, 4) is 0 Å². The van der Waals surface area contributed by atoms with Gasteiger partial charge in [-0.15, -0.1) is 0 Å². The van der Waals surface area contributed by atoms with E-state index < -0.39 is 0 Å². The number of aryl methyl sites for hydroxylation is 1. The van der Waals surface area contributed by atoms with Gasteiger partial charge in [-0.2, -0.15) is 5.10 Å². The molecule has 7 nitrogen and oxygen atoms in total. The number of hydrazine groups is 1. The number of thiazole rings is 1. The van der Waals surface area contributed by atoms with Crippen LogP contribution in [0.3, 0.4) is 0 Å². The Morgan fingerprint density at radius 3 is 2.69 bits per heavy atom. The molecular formula is C26H39N7S2. The number of piperazine rings is 1. The second kappa shape index (κ2) is 8.78. The number of rotatable bonds is 3. The monoisotopic (exact) mass is 513 g/mol. The van der Waals surface area contributed by atoms with Crippen LogP contribution in [0.4, 0.5) is 5.13 Å². The molecular weight excluding hydrogens is 474 g/mol. The van der Waals surface area contributed by atoms with E-state index in [9.17, 15) is 0 Å². The van der Waals surface area contributed by atoms with Crippen LogP contribution in [-0.2, 0) is 6.42 Å². The van der Waals surface area contributed by atoms with E-state index in [-0.39, 0.29) is 15.9 Å². The zero-order chi connectivity index (χ0) is 24.4. The first-order valence-electron chi connectivity index (χ1n) is 13.3. The van der Waals surface area contributed by atoms with E-state index >= 15 is 0 Å². The highest BCUT2D eigenvalue weighted by molar-refractivity contribution is 7.80. The summed E-state index contributed by atoms with van der Waals surface area (Å²) in [5, 5.41) is 8.34. The largest absolute Gasteiger partial charge is 0.375 e. The molecule has 6 rings (SSSR count). The van der Waals surface area contributed by atoms with E-state index in [2.05, 4.69) is 52.8 Å². The minimum Gasteiger partial charge on any atom is -0.375 e. The van der Waals surface area contributed by atoms with Gasteiger partial charge < -0.3 is 10.6 Å². The van der Waals surface area contributed by atoms with Crippen molar-refractivity contribution in [2.45, 2.75) is 58.8 Å². The molecule has 1 aromatic heterocycles. The van der Waals surface area contributed by atoms with Gasteiger partial charge >= 0.3 is 0 Å². The number of hydrogen-bond donors (Lipinski definition) is 3. The average molecular weight is 514 g/mol. The number of hydrazone groups is 1. The molecule has 0 radical (unpaired) electrons. The number of aromatic nitrogens is 1. The van der Waals surface area contributed by atoms with Gasteiger partial charge in [0.2, 0.25) is 0 Å². The second-order valence-corrected chi connectivity index (χ2v) is 13.3. The van der Waals surface area contributed by atoms with Crippen molar-refractivity contribution in [3.05, 3.63) is 16.6 Å². The zero-order valence-electron chi connectivity index (χ0n) is 21.3. The quantitative estimate of drug-likeness (QED) is 0.415. The topological polar surface area (TPSA) is 81.8 Å². The third-order valence-electron chi connectivity index (χ3n) is 10.1. The minimum absolute atomic E-state index is 0.171. The van der Waals surface area contributed by atoms with Crippen LogP contribution in [0.5, 0.6) is 0 Å². The molecule has 190 valence electrons. The SMILES string of the molecule is CN1CCN(Nc2nc3c(s2)C2=CC[C@@H]4[C@H](CC[C@]5(C)/C(=N/NC(N)=S)CC[C@@H]45)[C@@]2(C)CC3)CC1. The molecule has 35 heavy (non-hydrogen) atoms. The Hall–Kier alpha value is -1.55. The lowest BCUT2D eigenvalue weighted by molar-refractivity contribution is 0.0116. The summed E-state index contributed by atoms with van der Waals surface area (Å²) in [6, 6.07) is 0. The third-order valence-corrected chi connectivity index (χ3v) is 11.2. The van der Waals surface area contributed by atoms with Crippen LogP contribution in [0, 0.1) is 28.6 Å². The van der Waals surface area contributed by atoms with Crippen molar-refractivity contribution in [3.63, 3.8) is 0 Å². The highest BCUT2D eigenvalue weighted by Crippen LogP contribution is 2.65. The fourth-order valence-electron chi connectivity index (χ4n) is 8.07. The van der Waals surface area contributed by atoms with Gasteiger partial charge in [0.25, 0.3) is 0 Å². The molecule has 0 aromatic carbocycles. The van der Waals surface area contributed by atoms with E-state index in [1.807, 2.05) is 11.3 Å². The maximum Gasteiger partial charge on any atom is 0.198 e. The summed E-state index contributed by atoms with van der Waals surface area (Å²) in [5.41, 5.74) is 16.8. The number of anilines is 1. The van der Waals surface area contributed by atoms with E-state index in [1.54, 1.807) is 5.57 Å². The van der Waals surface area contributed by atoms with Crippen LogP contribution in [0.25, 0.3) is 5.57 Å². The van der Waals surface area contributed by atoms with Crippen LogP contribution in [0.2, 0.25) is 0 Å². The molecule has 0 amide bonds. The molecule has 4 aliphatic carbocycles. The molecule has 5 aliphatic rings. The third kappa shape index (κ3) is 3.93. The van der Waals surface area contributed by atoms with E-state index in [4.69, 9.17) is 22.9 Å². The smallest absolute Gasteiger partial charge is 0.198 e. The number of fused-ring (bicyclic) bond motifs is 7. The van der Waals surface area contributed by atoms with Gasteiger partial charge in [0.05, 0.1) is 10.6 Å². The Labute approximate surface area is 218 Å². The van der Waals surface area contributed by atoms with Gasteiger partial charge in [-0.25, -0.2) is 9.99 Å². The van der Waals surface area contributed by atoms with E-state index in [0.717, 1.165) is 56.0 Å². The van der Waals surface area contributed by atoms with Crippen LogP contribution >= 0.6 is 23.6 Å².